The number of nitrogens with one attached hydrogen (secondary N) is 1. The standard InChI is InChI=1S/C10H8NOS/c11-10(12)6-8-5-7-3-1-2-4-9(7)13-8/h1-5,11H,6H2. The van der Waals surface area contributed by atoms with E-state index >= 15 is 0 Å². The van der Waals surface area contributed by atoms with Crippen LogP contribution in [0.3, 0.4) is 0 Å². The number of fused-ring (bicyclic) bond motifs is 1. The Morgan fingerprint density at radius 3 is 2.85 bits per heavy atom. The highest BCUT2D eigenvalue weighted by atomic mass is 32.1. The van der Waals surface area contributed by atoms with Gasteiger partial charge in [0, 0.05) is 9.58 Å². The van der Waals surface area contributed by atoms with Gasteiger partial charge in [0.25, 0.3) is 0 Å². The lowest BCUT2D eigenvalue weighted by Gasteiger charge is -1.85. The fourth-order valence-electron chi connectivity index (χ4n) is 1.28. The van der Waals surface area contributed by atoms with Crippen LogP contribution in [0.5, 0.6) is 0 Å². The fraction of sp³-hybridized carbons (Fsp3) is 0.100. The molecule has 3 heteroatoms. The van der Waals surface area contributed by atoms with Crippen molar-refractivity contribution in [3.63, 3.8) is 0 Å². The van der Waals surface area contributed by atoms with Crippen molar-refractivity contribution < 1.29 is 4.79 Å². The van der Waals surface area contributed by atoms with E-state index in [0.717, 1.165) is 10.3 Å². The van der Waals surface area contributed by atoms with Gasteiger partial charge in [-0.1, -0.05) is 18.2 Å². The fourth-order valence-corrected chi connectivity index (χ4v) is 2.35. The summed E-state index contributed by atoms with van der Waals surface area (Å²) in [6, 6.07) is 9.97. The summed E-state index contributed by atoms with van der Waals surface area (Å²) in [4.78, 5) is 11.5. The first-order valence-corrected chi connectivity index (χ1v) is 4.79. The first-order valence-electron chi connectivity index (χ1n) is 3.97. The van der Waals surface area contributed by atoms with E-state index in [-0.39, 0.29) is 6.42 Å². The molecule has 1 radical (unpaired) electrons. The molecule has 0 unspecified atom stereocenters. The van der Waals surface area contributed by atoms with Crippen molar-refractivity contribution in [1.82, 2.24) is 5.73 Å². The SMILES string of the molecule is [NH]C(=O)Cc1cc2ccccc2s1. The van der Waals surface area contributed by atoms with E-state index in [0.29, 0.717) is 0 Å². The van der Waals surface area contributed by atoms with Gasteiger partial charge < -0.3 is 0 Å². The first kappa shape index (κ1) is 8.26. The number of hydrogen-bond donors (Lipinski definition) is 0. The van der Waals surface area contributed by atoms with Crippen LogP contribution in [0.25, 0.3) is 10.1 Å². The summed E-state index contributed by atoms with van der Waals surface area (Å²) in [7, 11) is 0. The highest BCUT2D eigenvalue weighted by Gasteiger charge is 2.03. The van der Waals surface area contributed by atoms with Gasteiger partial charge in [0.05, 0.1) is 6.42 Å². The van der Waals surface area contributed by atoms with E-state index < -0.39 is 5.91 Å². The Labute approximate surface area is 80.0 Å². The maximum Gasteiger partial charge on any atom is 0.243 e. The molecule has 1 aromatic carbocycles. The van der Waals surface area contributed by atoms with Crippen molar-refractivity contribution in [3.8, 4) is 0 Å². The Bertz CT molecular complexity index is 414. The van der Waals surface area contributed by atoms with Gasteiger partial charge in [0.15, 0.2) is 0 Å². The maximum absolute atomic E-state index is 10.6. The Kier molecular flexibility index (Phi) is 2.02. The molecule has 1 amide bonds. The van der Waals surface area contributed by atoms with Crippen LogP contribution >= 0.6 is 11.3 Å². The maximum atomic E-state index is 10.6. The van der Waals surface area contributed by atoms with Gasteiger partial charge in [0.2, 0.25) is 5.91 Å². The summed E-state index contributed by atoms with van der Waals surface area (Å²) in [5, 5.41) is 1.16. The average molecular weight is 190 g/mol. The van der Waals surface area contributed by atoms with Crippen LogP contribution in [-0.4, -0.2) is 5.91 Å². The van der Waals surface area contributed by atoms with Crippen molar-refractivity contribution >= 4 is 27.3 Å². The summed E-state index contributed by atoms with van der Waals surface area (Å²) in [5.41, 5.74) is 6.86. The number of thiophene rings is 1. The van der Waals surface area contributed by atoms with E-state index in [1.54, 1.807) is 11.3 Å². The molecule has 2 rings (SSSR count). The van der Waals surface area contributed by atoms with Crippen LogP contribution < -0.4 is 5.73 Å². The molecule has 13 heavy (non-hydrogen) atoms. The molecule has 0 aliphatic heterocycles. The molecular formula is C10H8NOS. The van der Waals surface area contributed by atoms with Gasteiger partial charge >= 0.3 is 0 Å². The van der Waals surface area contributed by atoms with Gasteiger partial charge in [0.1, 0.15) is 0 Å². The van der Waals surface area contributed by atoms with Crippen LogP contribution in [-0.2, 0) is 11.2 Å². The summed E-state index contributed by atoms with van der Waals surface area (Å²) in [6.07, 6.45) is 0.235. The Morgan fingerprint density at radius 2 is 2.15 bits per heavy atom. The van der Waals surface area contributed by atoms with Crippen molar-refractivity contribution in [2.45, 2.75) is 6.42 Å². The molecule has 0 fully saturated rings. The second-order valence-corrected chi connectivity index (χ2v) is 4.02. The molecule has 0 spiro atoms. The second-order valence-electron chi connectivity index (χ2n) is 2.85. The van der Waals surface area contributed by atoms with E-state index in [9.17, 15) is 4.79 Å². The lowest BCUT2D eigenvalue weighted by Crippen LogP contribution is -1.99. The third-order valence-electron chi connectivity index (χ3n) is 1.81. The van der Waals surface area contributed by atoms with Crippen LogP contribution in [0.1, 0.15) is 4.88 Å². The Balaban J connectivity index is 2.44. The molecule has 0 saturated heterocycles. The molecule has 0 aliphatic carbocycles. The van der Waals surface area contributed by atoms with Gasteiger partial charge in [-0.25, -0.2) is 0 Å². The minimum absolute atomic E-state index is 0.235. The molecule has 0 bridgehead atoms. The van der Waals surface area contributed by atoms with Crippen molar-refractivity contribution in [2.24, 2.45) is 0 Å². The zero-order chi connectivity index (χ0) is 9.26. The van der Waals surface area contributed by atoms with Gasteiger partial charge in [-0.3, -0.25) is 10.5 Å². The van der Waals surface area contributed by atoms with Gasteiger partial charge in [-0.2, -0.15) is 0 Å². The number of carbonyl (C=O) groups excluding carboxylic acids is 1. The van der Waals surface area contributed by atoms with E-state index in [1.807, 2.05) is 30.3 Å². The summed E-state index contributed by atoms with van der Waals surface area (Å²) >= 11 is 1.58. The van der Waals surface area contributed by atoms with Crippen LogP contribution in [0.4, 0.5) is 0 Å². The predicted molar refractivity (Wildman–Crippen MR) is 53.6 cm³/mol. The minimum Gasteiger partial charge on any atom is -0.273 e. The zero-order valence-electron chi connectivity index (χ0n) is 6.91. The highest BCUT2D eigenvalue weighted by molar-refractivity contribution is 7.19. The van der Waals surface area contributed by atoms with Crippen LogP contribution in [0, 0.1) is 0 Å². The molecule has 0 atom stereocenters. The zero-order valence-corrected chi connectivity index (χ0v) is 7.73. The van der Waals surface area contributed by atoms with E-state index in [4.69, 9.17) is 5.73 Å². The molecule has 1 N–H and O–H groups in total. The summed E-state index contributed by atoms with van der Waals surface area (Å²) < 4.78 is 1.18. The average Bonchev–Trinajstić information content (AvgIpc) is 2.44. The topological polar surface area (TPSA) is 40.9 Å². The third-order valence-corrected chi connectivity index (χ3v) is 2.93. The quantitative estimate of drug-likeness (QED) is 0.716. The number of amides is 1. The second kappa shape index (κ2) is 3.18. The first-order chi connectivity index (χ1) is 6.25. The lowest BCUT2D eigenvalue weighted by atomic mass is 10.2. The minimum atomic E-state index is -0.522. The number of hydrogen-bond acceptors (Lipinski definition) is 2. The van der Waals surface area contributed by atoms with Crippen molar-refractivity contribution in [3.05, 3.63) is 35.2 Å². The van der Waals surface area contributed by atoms with Gasteiger partial charge in [-0.05, 0) is 17.5 Å². The highest BCUT2D eigenvalue weighted by Crippen LogP contribution is 2.25. The Hall–Kier alpha value is -1.35. The van der Waals surface area contributed by atoms with E-state index in [2.05, 4.69) is 0 Å². The smallest absolute Gasteiger partial charge is 0.243 e. The van der Waals surface area contributed by atoms with Crippen LogP contribution in [0.2, 0.25) is 0 Å². The molecule has 65 valence electrons. The molecule has 1 aromatic heterocycles. The van der Waals surface area contributed by atoms with Crippen molar-refractivity contribution in [1.29, 1.82) is 0 Å². The third kappa shape index (κ3) is 1.70. The summed E-state index contributed by atoms with van der Waals surface area (Å²) in [5.74, 6) is -0.522. The van der Waals surface area contributed by atoms with Crippen LogP contribution in [0.15, 0.2) is 30.3 Å². The molecule has 0 saturated carbocycles. The Morgan fingerprint density at radius 1 is 1.38 bits per heavy atom. The normalized spacial score (nSPS) is 10.5. The number of rotatable bonds is 2. The van der Waals surface area contributed by atoms with Gasteiger partial charge in [-0.15, -0.1) is 11.3 Å². The monoisotopic (exact) mass is 190 g/mol. The molecular weight excluding hydrogens is 182 g/mol. The summed E-state index contributed by atoms with van der Waals surface area (Å²) in [6.45, 7) is 0. The molecule has 0 aliphatic rings. The lowest BCUT2D eigenvalue weighted by molar-refractivity contribution is -0.117. The number of carbonyl (C=O) groups is 1. The largest absolute Gasteiger partial charge is 0.273 e. The molecule has 2 aromatic rings. The molecule has 2 nitrogen and oxygen atoms in total. The predicted octanol–water partition coefficient (Wildman–Crippen LogP) is 2.25. The molecule has 1 heterocycles. The van der Waals surface area contributed by atoms with Crippen molar-refractivity contribution in [2.75, 3.05) is 0 Å². The number of benzene rings is 1. The van der Waals surface area contributed by atoms with E-state index in [1.165, 1.54) is 4.70 Å².